The standard InChI is InChI=1S/C17H18O4/c1-11-6-5-7-12(8-11)17(18)13-9-15(20-3)16(21-4)10-14(13)19-2/h5-10H,1-4H3. The minimum absolute atomic E-state index is 0.114. The molecule has 0 bridgehead atoms. The van der Waals surface area contributed by atoms with Gasteiger partial charge in [-0.05, 0) is 19.1 Å². The van der Waals surface area contributed by atoms with Gasteiger partial charge in [0.2, 0.25) is 0 Å². The molecular formula is C17H18O4. The lowest BCUT2D eigenvalue weighted by Gasteiger charge is -2.13. The third-order valence-corrected chi connectivity index (χ3v) is 3.23. The van der Waals surface area contributed by atoms with Gasteiger partial charge in [-0.15, -0.1) is 0 Å². The number of carbonyl (C=O) groups excluding carboxylic acids is 1. The van der Waals surface area contributed by atoms with E-state index in [0.29, 0.717) is 28.4 Å². The zero-order valence-electron chi connectivity index (χ0n) is 12.6. The fraction of sp³-hybridized carbons (Fsp3) is 0.235. The molecule has 0 N–H and O–H groups in total. The second kappa shape index (κ2) is 6.31. The van der Waals surface area contributed by atoms with Gasteiger partial charge in [0.15, 0.2) is 17.3 Å². The highest BCUT2D eigenvalue weighted by Crippen LogP contribution is 2.35. The summed E-state index contributed by atoms with van der Waals surface area (Å²) in [5.74, 6) is 1.36. The van der Waals surface area contributed by atoms with Crippen molar-refractivity contribution < 1.29 is 19.0 Å². The van der Waals surface area contributed by atoms with Crippen LogP contribution in [0.5, 0.6) is 17.2 Å². The summed E-state index contributed by atoms with van der Waals surface area (Å²) in [5, 5.41) is 0. The topological polar surface area (TPSA) is 44.8 Å². The van der Waals surface area contributed by atoms with Crippen molar-refractivity contribution in [2.75, 3.05) is 21.3 Å². The van der Waals surface area contributed by atoms with Gasteiger partial charge >= 0.3 is 0 Å². The molecule has 0 aromatic heterocycles. The van der Waals surface area contributed by atoms with Crippen molar-refractivity contribution >= 4 is 5.78 Å². The number of ether oxygens (including phenoxy) is 3. The van der Waals surface area contributed by atoms with E-state index in [1.807, 2.05) is 25.1 Å². The first-order valence-corrected chi connectivity index (χ1v) is 6.52. The molecule has 0 saturated heterocycles. The lowest BCUT2D eigenvalue weighted by molar-refractivity contribution is 0.103. The maximum Gasteiger partial charge on any atom is 0.196 e. The van der Waals surface area contributed by atoms with Gasteiger partial charge in [0.25, 0.3) is 0 Å². The SMILES string of the molecule is COc1cc(OC)c(C(=O)c2cccc(C)c2)cc1OC. The van der Waals surface area contributed by atoms with Gasteiger partial charge in [-0.3, -0.25) is 4.79 Å². The largest absolute Gasteiger partial charge is 0.496 e. The minimum atomic E-state index is -0.114. The molecule has 4 heteroatoms. The highest BCUT2D eigenvalue weighted by atomic mass is 16.5. The Hall–Kier alpha value is -2.49. The highest BCUT2D eigenvalue weighted by Gasteiger charge is 2.19. The van der Waals surface area contributed by atoms with Crippen LogP contribution >= 0.6 is 0 Å². The molecule has 0 unspecified atom stereocenters. The van der Waals surface area contributed by atoms with Gasteiger partial charge < -0.3 is 14.2 Å². The van der Waals surface area contributed by atoms with Crippen molar-refractivity contribution in [2.24, 2.45) is 0 Å². The van der Waals surface area contributed by atoms with Crippen molar-refractivity contribution in [2.45, 2.75) is 6.92 Å². The first kappa shape index (κ1) is 14.9. The van der Waals surface area contributed by atoms with Crippen LogP contribution in [-0.4, -0.2) is 27.1 Å². The molecule has 21 heavy (non-hydrogen) atoms. The molecule has 0 amide bonds. The van der Waals surface area contributed by atoms with E-state index in [9.17, 15) is 4.79 Å². The predicted octanol–water partition coefficient (Wildman–Crippen LogP) is 3.25. The second-order valence-corrected chi connectivity index (χ2v) is 4.61. The summed E-state index contributed by atoms with van der Waals surface area (Å²) in [5.41, 5.74) is 2.08. The van der Waals surface area contributed by atoms with Gasteiger partial charge in [0.1, 0.15) is 5.75 Å². The molecule has 4 nitrogen and oxygen atoms in total. The Morgan fingerprint density at radius 2 is 1.48 bits per heavy atom. The van der Waals surface area contributed by atoms with Crippen molar-refractivity contribution in [3.8, 4) is 17.2 Å². The van der Waals surface area contributed by atoms with Crippen molar-refractivity contribution in [3.63, 3.8) is 0 Å². The molecule has 0 saturated carbocycles. The number of ketones is 1. The quantitative estimate of drug-likeness (QED) is 0.791. The molecule has 2 aromatic rings. The van der Waals surface area contributed by atoms with E-state index in [1.165, 1.54) is 14.2 Å². The van der Waals surface area contributed by atoms with Crippen LogP contribution in [0.15, 0.2) is 36.4 Å². The third kappa shape index (κ3) is 2.99. The van der Waals surface area contributed by atoms with Crippen LogP contribution in [-0.2, 0) is 0 Å². The van der Waals surface area contributed by atoms with Crippen molar-refractivity contribution in [3.05, 3.63) is 53.1 Å². The average Bonchev–Trinajstić information content (AvgIpc) is 2.52. The Labute approximate surface area is 124 Å². The maximum atomic E-state index is 12.7. The van der Waals surface area contributed by atoms with Crippen LogP contribution in [0.2, 0.25) is 0 Å². The molecule has 110 valence electrons. The number of aryl methyl sites for hydroxylation is 1. The number of methoxy groups -OCH3 is 3. The summed E-state index contributed by atoms with van der Waals surface area (Å²) in [7, 11) is 4.60. The molecule has 0 aliphatic carbocycles. The van der Waals surface area contributed by atoms with E-state index in [2.05, 4.69) is 0 Å². The van der Waals surface area contributed by atoms with Crippen LogP contribution in [0, 0.1) is 6.92 Å². The van der Waals surface area contributed by atoms with E-state index >= 15 is 0 Å². The molecule has 0 fully saturated rings. The summed E-state index contributed by atoms with van der Waals surface area (Å²) in [6.45, 7) is 1.95. The Bertz CT molecular complexity index is 662. The average molecular weight is 286 g/mol. The van der Waals surface area contributed by atoms with Crippen molar-refractivity contribution in [1.82, 2.24) is 0 Å². The van der Waals surface area contributed by atoms with E-state index in [0.717, 1.165) is 5.56 Å². The van der Waals surface area contributed by atoms with Crippen molar-refractivity contribution in [1.29, 1.82) is 0 Å². The van der Waals surface area contributed by atoms with Gasteiger partial charge in [-0.2, -0.15) is 0 Å². The van der Waals surface area contributed by atoms with Crippen LogP contribution in [0.25, 0.3) is 0 Å². The fourth-order valence-corrected chi connectivity index (χ4v) is 2.15. The van der Waals surface area contributed by atoms with Crippen LogP contribution in [0.1, 0.15) is 21.5 Å². The van der Waals surface area contributed by atoms with Crippen LogP contribution in [0.3, 0.4) is 0 Å². The molecule has 0 aliphatic rings. The molecule has 0 spiro atoms. The Morgan fingerprint density at radius 1 is 0.857 bits per heavy atom. The van der Waals surface area contributed by atoms with E-state index in [1.54, 1.807) is 25.3 Å². The number of rotatable bonds is 5. The number of hydrogen-bond acceptors (Lipinski definition) is 4. The summed E-state index contributed by atoms with van der Waals surface area (Å²) in [6.07, 6.45) is 0. The Morgan fingerprint density at radius 3 is 2.05 bits per heavy atom. The molecule has 2 rings (SSSR count). The highest BCUT2D eigenvalue weighted by molar-refractivity contribution is 6.11. The molecule has 0 aliphatic heterocycles. The van der Waals surface area contributed by atoms with E-state index in [4.69, 9.17) is 14.2 Å². The smallest absolute Gasteiger partial charge is 0.196 e. The van der Waals surface area contributed by atoms with Gasteiger partial charge in [0.05, 0.1) is 26.9 Å². The number of carbonyl (C=O) groups is 1. The number of benzene rings is 2. The van der Waals surface area contributed by atoms with Crippen LogP contribution < -0.4 is 14.2 Å². The zero-order valence-corrected chi connectivity index (χ0v) is 12.6. The molecule has 2 aromatic carbocycles. The van der Waals surface area contributed by atoms with Crippen LogP contribution in [0.4, 0.5) is 0 Å². The zero-order chi connectivity index (χ0) is 15.4. The predicted molar refractivity (Wildman–Crippen MR) is 80.7 cm³/mol. The minimum Gasteiger partial charge on any atom is -0.496 e. The van der Waals surface area contributed by atoms with E-state index in [-0.39, 0.29) is 5.78 Å². The monoisotopic (exact) mass is 286 g/mol. The van der Waals surface area contributed by atoms with Gasteiger partial charge in [-0.1, -0.05) is 23.8 Å². The molecule has 0 atom stereocenters. The summed E-state index contributed by atoms with van der Waals surface area (Å²) >= 11 is 0. The lowest BCUT2D eigenvalue weighted by Crippen LogP contribution is -2.05. The Kier molecular flexibility index (Phi) is 4.48. The lowest BCUT2D eigenvalue weighted by atomic mass is 10.0. The summed E-state index contributed by atoms with van der Waals surface area (Å²) in [4.78, 5) is 12.7. The van der Waals surface area contributed by atoms with E-state index < -0.39 is 0 Å². The summed E-state index contributed by atoms with van der Waals surface area (Å²) < 4.78 is 15.8. The molecule has 0 heterocycles. The Balaban J connectivity index is 2.54. The maximum absolute atomic E-state index is 12.7. The molecular weight excluding hydrogens is 268 g/mol. The fourth-order valence-electron chi connectivity index (χ4n) is 2.15. The first-order valence-electron chi connectivity index (χ1n) is 6.52. The normalized spacial score (nSPS) is 10.1. The third-order valence-electron chi connectivity index (χ3n) is 3.23. The first-order chi connectivity index (χ1) is 10.1. The van der Waals surface area contributed by atoms with Gasteiger partial charge in [0, 0.05) is 11.6 Å². The van der Waals surface area contributed by atoms with Gasteiger partial charge in [-0.25, -0.2) is 0 Å². The second-order valence-electron chi connectivity index (χ2n) is 4.61. The number of hydrogen-bond donors (Lipinski definition) is 0. The summed E-state index contributed by atoms with van der Waals surface area (Å²) in [6, 6.07) is 10.7. The molecule has 0 radical (unpaired) electrons.